The Kier molecular flexibility index (Phi) is 5.52. The molecule has 8 heteroatoms. The molecule has 4 rings (SSSR count). The van der Waals surface area contributed by atoms with Gasteiger partial charge in [0.1, 0.15) is 5.82 Å². The van der Waals surface area contributed by atoms with Gasteiger partial charge in [-0.3, -0.25) is 14.4 Å². The van der Waals surface area contributed by atoms with Crippen LogP contribution < -0.4 is 5.32 Å². The Labute approximate surface area is 159 Å². The molecule has 2 aromatic heterocycles. The summed E-state index contributed by atoms with van der Waals surface area (Å²) in [5.41, 5.74) is 2.14. The summed E-state index contributed by atoms with van der Waals surface area (Å²) in [7, 11) is 0. The van der Waals surface area contributed by atoms with Crippen molar-refractivity contribution < 1.29 is 4.79 Å². The Balaban J connectivity index is 1.37. The Morgan fingerprint density at radius 1 is 1.19 bits per heavy atom. The number of nitrogens with zero attached hydrogens (tertiary/aromatic N) is 6. The first-order valence-corrected chi connectivity index (χ1v) is 10.2. The number of unbranched alkanes of at least 4 members (excludes halogenated alkanes) is 1. The first-order valence-electron chi connectivity index (χ1n) is 10.2. The number of fused-ring (bicyclic) bond motifs is 2. The van der Waals surface area contributed by atoms with E-state index in [1.54, 1.807) is 0 Å². The van der Waals surface area contributed by atoms with Gasteiger partial charge in [0.05, 0.1) is 24.5 Å². The molecule has 27 heavy (non-hydrogen) atoms. The van der Waals surface area contributed by atoms with E-state index in [-0.39, 0.29) is 5.91 Å². The summed E-state index contributed by atoms with van der Waals surface area (Å²) in [6.45, 7) is 7.54. The lowest BCUT2D eigenvalue weighted by molar-refractivity contribution is 0.0934. The van der Waals surface area contributed by atoms with Crippen LogP contribution in [0.15, 0.2) is 6.07 Å². The highest BCUT2D eigenvalue weighted by Crippen LogP contribution is 2.16. The molecule has 2 aromatic rings. The van der Waals surface area contributed by atoms with Crippen molar-refractivity contribution >= 4 is 5.91 Å². The first-order chi connectivity index (χ1) is 13.2. The second-order valence-electron chi connectivity index (χ2n) is 7.56. The molecule has 0 saturated carbocycles. The Hall–Kier alpha value is -2.22. The Morgan fingerprint density at radius 2 is 2.11 bits per heavy atom. The molecule has 146 valence electrons. The van der Waals surface area contributed by atoms with Gasteiger partial charge in [0.25, 0.3) is 5.91 Å². The van der Waals surface area contributed by atoms with Crippen molar-refractivity contribution in [3.63, 3.8) is 0 Å². The number of hydrogen-bond donors (Lipinski definition) is 1. The minimum atomic E-state index is -0.161. The second-order valence-corrected chi connectivity index (χ2v) is 7.56. The zero-order valence-electron chi connectivity index (χ0n) is 16.2. The van der Waals surface area contributed by atoms with Crippen LogP contribution in [0.4, 0.5) is 0 Å². The van der Waals surface area contributed by atoms with Crippen molar-refractivity contribution in [2.45, 2.75) is 71.6 Å². The smallest absolute Gasteiger partial charge is 0.289 e. The van der Waals surface area contributed by atoms with E-state index in [0.29, 0.717) is 12.4 Å². The lowest BCUT2D eigenvalue weighted by atomic mass is 10.2. The van der Waals surface area contributed by atoms with Crippen LogP contribution in [0.3, 0.4) is 0 Å². The van der Waals surface area contributed by atoms with E-state index in [0.717, 1.165) is 63.5 Å². The summed E-state index contributed by atoms with van der Waals surface area (Å²) >= 11 is 0. The highest BCUT2D eigenvalue weighted by molar-refractivity contribution is 5.90. The molecule has 8 nitrogen and oxygen atoms in total. The molecule has 2 aliphatic heterocycles. The van der Waals surface area contributed by atoms with Crippen molar-refractivity contribution in [3.05, 3.63) is 29.1 Å². The minimum Gasteiger partial charge on any atom is -0.344 e. The molecule has 0 aromatic carbocycles. The van der Waals surface area contributed by atoms with Crippen LogP contribution in [-0.2, 0) is 32.6 Å². The van der Waals surface area contributed by atoms with Gasteiger partial charge in [0, 0.05) is 26.1 Å². The monoisotopic (exact) mass is 371 g/mol. The quantitative estimate of drug-likeness (QED) is 0.837. The number of carbonyl (C=O) groups is 1. The first kappa shape index (κ1) is 18.2. The average molecular weight is 371 g/mol. The topological polar surface area (TPSA) is 80.9 Å². The van der Waals surface area contributed by atoms with E-state index in [4.69, 9.17) is 0 Å². The van der Waals surface area contributed by atoms with Crippen LogP contribution in [0.5, 0.6) is 0 Å². The van der Waals surface area contributed by atoms with E-state index < -0.39 is 0 Å². The molecule has 0 atom stereocenters. The van der Waals surface area contributed by atoms with Gasteiger partial charge in [0.15, 0.2) is 0 Å². The van der Waals surface area contributed by atoms with E-state index in [2.05, 4.69) is 43.2 Å². The molecule has 0 unspecified atom stereocenters. The van der Waals surface area contributed by atoms with Gasteiger partial charge in [-0.25, -0.2) is 0 Å². The summed E-state index contributed by atoms with van der Waals surface area (Å²) in [6.07, 6.45) is 6.74. The molecule has 2 aliphatic rings. The highest BCUT2D eigenvalue weighted by Gasteiger charge is 2.21. The maximum atomic E-state index is 12.6. The summed E-state index contributed by atoms with van der Waals surface area (Å²) in [6, 6.07) is 2.11. The fourth-order valence-corrected chi connectivity index (χ4v) is 3.94. The van der Waals surface area contributed by atoms with E-state index >= 15 is 0 Å². The molecule has 0 saturated heterocycles. The molecule has 1 N–H and O–H groups in total. The van der Waals surface area contributed by atoms with Crippen molar-refractivity contribution in [2.24, 2.45) is 0 Å². The van der Waals surface area contributed by atoms with Crippen molar-refractivity contribution in [3.8, 4) is 0 Å². The van der Waals surface area contributed by atoms with Gasteiger partial charge in [-0.1, -0.05) is 19.8 Å². The van der Waals surface area contributed by atoms with Crippen LogP contribution in [0.25, 0.3) is 0 Å². The third kappa shape index (κ3) is 4.05. The van der Waals surface area contributed by atoms with Gasteiger partial charge in [0.2, 0.25) is 5.82 Å². The number of hydrogen-bond acceptors (Lipinski definition) is 5. The van der Waals surface area contributed by atoms with Crippen LogP contribution in [0.2, 0.25) is 0 Å². The molecular formula is C19H29N7O. The van der Waals surface area contributed by atoms with Gasteiger partial charge >= 0.3 is 0 Å². The third-order valence-corrected chi connectivity index (χ3v) is 5.50. The SMILES string of the molecule is CCCCN1CCn2nc(CNC(=O)c3nnc4n3CCCCC4)cc2C1. The zero-order valence-corrected chi connectivity index (χ0v) is 16.2. The third-order valence-electron chi connectivity index (χ3n) is 5.50. The van der Waals surface area contributed by atoms with Crippen molar-refractivity contribution in [1.82, 2.24) is 34.8 Å². The Morgan fingerprint density at radius 3 is 3.00 bits per heavy atom. The molecule has 0 spiro atoms. The summed E-state index contributed by atoms with van der Waals surface area (Å²) in [4.78, 5) is 15.1. The average Bonchev–Trinajstić information content (AvgIpc) is 3.20. The van der Waals surface area contributed by atoms with Gasteiger partial charge in [-0.15, -0.1) is 10.2 Å². The van der Waals surface area contributed by atoms with Crippen molar-refractivity contribution in [2.75, 3.05) is 13.1 Å². The lowest BCUT2D eigenvalue weighted by Crippen LogP contribution is -2.34. The number of amides is 1. The zero-order chi connectivity index (χ0) is 18.6. The molecule has 4 heterocycles. The lowest BCUT2D eigenvalue weighted by Gasteiger charge is -2.27. The minimum absolute atomic E-state index is 0.161. The Bertz CT molecular complexity index is 794. The molecule has 0 radical (unpaired) electrons. The number of nitrogens with one attached hydrogen (secondary N) is 1. The molecule has 1 amide bonds. The van der Waals surface area contributed by atoms with Crippen molar-refractivity contribution in [1.29, 1.82) is 0 Å². The number of rotatable bonds is 6. The van der Waals surface area contributed by atoms with Crippen LogP contribution in [0, 0.1) is 0 Å². The van der Waals surface area contributed by atoms with Crippen LogP contribution in [-0.4, -0.2) is 48.4 Å². The van der Waals surface area contributed by atoms with E-state index in [1.165, 1.54) is 25.0 Å². The summed E-state index contributed by atoms with van der Waals surface area (Å²) < 4.78 is 4.05. The summed E-state index contributed by atoms with van der Waals surface area (Å²) in [5.74, 6) is 1.20. The molecule has 0 fully saturated rings. The molecular weight excluding hydrogens is 342 g/mol. The number of aromatic nitrogens is 5. The highest BCUT2D eigenvalue weighted by atomic mass is 16.2. The standard InChI is InChI=1S/C19H29N7O/c1-2-3-8-24-10-11-26-16(14-24)12-15(23-26)13-20-19(27)18-22-21-17-7-5-4-6-9-25(17)18/h12H,2-11,13-14H2,1H3,(H,20,27). The van der Waals surface area contributed by atoms with Crippen LogP contribution in [0.1, 0.15) is 66.9 Å². The van der Waals surface area contributed by atoms with E-state index in [1.807, 2.05) is 4.57 Å². The number of aryl methyl sites for hydroxylation is 1. The maximum Gasteiger partial charge on any atom is 0.289 e. The largest absolute Gasteiger partial charge is 0.344 e. The predicted octanol–water partition coefficient (Wildman–Crippen LogP) is 1.75. The van der Waals surface area contributed by atoms with Gasteiger partial charge in [-0.2, -0.15) is 5.10 Å². The normalized spacial score (nSPS) is 17.2. The maximum absolute atomic E-state index is 12.6. The fourth-order valence-electron chi connectivity index (χ4n) is 3.94. The molecule has 0 aliphatic carbocycles. The van der Waals surface area contributed by atoms with E-state index in [9.17, 15) is 4.79 Å². The van der Waals surface area contributed by atoms with Gasteiger partial charge < -0.3 is 9.88 Å². The van der Waals surface area contributed by atoms with Crippen LogP contribution >= 0.6 is 0 Å². The molecule has 0 bridgehead atoms. The van der Waals surface area contributed by atoms with Gasteiger partial charge in [-0.05, 0) is 31.9 Å². The summed E-state index contributed by atoms with van der Waals surface area (Å²) in [5, 5.41) is 16.0. The predicted molar refractivity (Wildman–Crippen MR) is 101 cm³/mol. The fraction of sp³-hybridized carbons (Fsp3) is 0.684. The second kappa shape index (κ2) is 8.21. The number of carbonyl (C=O) groups excluding carboxylic acids is 1.